The van der Waals surface area contributed by atoms with Crippen molar-refractivity contribution in [2.24, 2.45) is 13.0 Å². The first kappa shape index (κ1) is 13.1. The smallest absolute Gasteiger partial charge is 0.234 e. The molecule has 0 spiro atoms. The molecule has 1 saturated carbocycles. The summed E-state index contributed by atoms with van der Waals surface area (Å²) in [4.78, 5) is 16.3. The standard InChI is InChI=1S/C15H20N4O/c1-19-13-5-3-2-4-12(13)18-14(19)9-17-15(20)10-16-8-11-6-7-11/h2-5,11,16H,6-10H2,1H3,(H,17,20). The lowest BCUT2D eigenvalue weighted by molar-refractivity contribution is -0.120. The van der Waals surface area contributed by atoms with Gasteiger partial charge in [0.1, 0.15) is 5.82 Å². The van der Waals surface area contributed by atoms with Crippen LogP contribution in [0.5, 0.6) is 0 Å². The zero-order valence-corrected chi connectivity index (χ0v) is 11.7. The largest absolute Gasteiger partial charge is 0.348 e. The molecule has 2 N–H and O–H groups in total. The van der Waals surface area contributed by atoms with Gasteiger partial charge >= 0.3 is 0 Å². The molecule has 0 bridgehead atoms. The number of rotatable bonds is 6. The van der Waals surface area contributed by atoms with E-state index in [1.54, 1.807) is 0 Å². The van der Waals surface area contributed by atoms with Crippen LogP contribution in [0.1, 0.15) is 18.7 Å². The lowest BCUT2D eigenvalue weighted by atomic mass is 10.3. The first-order valence-electron chi connectivity index (χ1n) is 7.12. The van der Waals surface area contributed by atoms with Crippen LogP contribution in [0.2, 0.25) is 0 Å². The lowest BCUT2D eigenvalue weighted by Gasteiger charge is -2.06. The first-order chi connectivity index (χ1) is 9.74. The van der Waals surface area contributed by atoms with E-state index in [-0.39, 0.29) is 5.91 Å². The molecule has 106 valence electrons. The van der Waals surface area contributed by atoms with Gasteiger partial charge in [-0.25, -0.2) is 4.98 Å². The number of hydrogen-bond acceptors (Lipinski definition) is 3. The van der Waals surface area contributed by atoms with Crippen molar-refractivity contribution in [2.45, 2.75) is 19.4 Å². The van der Waals surface area contributed by atoms with Gasteiger partial charge in [0.15, 0.2) is 0 Å². The second-order valence-electron chi connectivity index (χ2n) is 5.43. The zero-order valence-electron chi connectivity index (χ0n) is 11.7. The van der Waals surface area contributed by atoms with Gasteiger partial charge in [0.25, 0.3) is 0 Å². The van der Waals surface area contributed by atoms with Gasteiger partial charge in [-0.15, -0.1) is 0 Å². The Labute approximate surface area is 118 Å². The summed E-state index contributed by atoms with van der Waals surface area (Å²) in [7, 11) is 1.97. The molecule has 0 atom stereocenters. The summed E-state index contributed by atoms with van der Waals surface area (Å²) in [6.07, 6.45) is 2.60. The molecule has 5 nitrogen and oxygen atoms in total. The molecular formula is C15H20N4O. The number of hydrogen-bond donors (Lipinski definition) is 2. The highest BCUT2D eigenvalue weighted by atomic mass is 16.1. The summed E-state index contributed by atoms with van der Waals surface area (Å²) in [5.74, 6) is 1.70. The Morgan fingerprint density at radius 3 is 2.95 bits per heavy atom. The van der Waals surface area contributed by atoms with Crippen LogP contribution in [0.15, 0.2) is 24.3 Å². The Hall–Kier alpha value is -1.88. The topological polar surface area (TPSA) is 59.0 Å². The highest BCUT2D eigenvalue weighted by Crippen LogP contribution is 2.27. The fraction of sp³-hybridized carbons (Fsp3) is 0.467. The van der Waals surface area contributed by atoms with Crippen molar-refractivity contribution in [2.75, 3.05) is 13.1 Å². The summed E-state index contributed by atoms with van der Waals surface area (Å²) in [6, 6.07) is 7.98. The summed E-state index contributed by atoms with van der Waals surface area (Å²) >= 11 is 0. The predicted molar refractivity (Wildman–Crippen MR) is 78.2 cm³/mol. The maximum absolute atomic E-state index is 11.7. The average Bonchev–Trinajstić information content (AvgIpc) is 3.22. The number of amides is 1. The highest BCUT2D eigenvalue weighted by Gasteiger charge is 2.20. The number of nitrogens with one attached hydrogen (secondary N) is 2. The molecule has 1 heterocycles. The van der Waals surface area contributed by atoms with Gasteiger partial charge in [-0.3, -0.25) is 4.79 Å². The molecule has 1 aromatic carbocycles. The van der Waals surface area contributed by atoms with Crippen LogP contribution in [-0.2, 0) is 18.4 Å². The number of benzene rings is 1. The maximum atomic E-state index is 11.7. The molecule has 1 aromatic heterocycles. The molecule has 1 aliphatic carbocycles. The van der Waals surface area contributed by atoms with Crippen molar-refractivity contribution in [3.8, 4) is 0 Å². The Morgan fingerprint density at radius 2 is 2.20 bits per heavy atom. The lowest BCUT2D eigenvalue weighted by Crippen LogP contribution is -2.34. The number of aryl methyl sites for hydroxylation is 1. The van der Waals surface area contributed by atoms with Gasteiger partial charge in [0.05, 0.1) is 24.1 Å². The van der Waals surface area contributed by atoms with Crippen LogP contribution >= 0.6 is 0 Å². The van der Waals surface area contributed by atoms with Gasteiger partial charge < -0.3 is 15.2 Å². The van der Waals surface area contributed by atoms with Gasteiger partial charge in [-0.2, -0.15) is 0 Å². The van der Waals surface area contributed by atoms with Crippen LogP contribution in [0.4, 0.5) is 0 Å². The van der Waals surface area contributed by atoms with Crippen molar-refractivity contribution in [1.82, 2.24) is 20.2 Å². The van der Waals surface area contributed by atoms with E-state index in [0.29, 0.717) is 13.1 Å². The predicted octanol–water partition coefficient (Wildman–Crippen LogP) is 1.19. The molecule has 1 fully saturated rings. The van der Waals surface area contributed by atoms with Crippen molar-refractivity contribution in [1.29, 1.82) is 0 Å². The molecule has 0 aliphatic heterocycles. The van der Waals surface area contributed by atoms with E-state index >= 15 is 0 Å². The third-order valence-electron chi connectivity index (χ3n) is 3.74. The van der Waals surface area contributed by atoms with E-state index in [9.17, 15) is 4.79 Å². The number of carbonyl (C=O) groups is 1. The number of fused-ring (bicyclic) bond motifs is 1. The summed E-state index contributed by atoms with van der Waals surface area (Å²) in [6.45, 7) is 1.81. The molecule has 5 heteroatoms. The van der Waals surface area contributed by atoms with E-state index < -0.39 is 0 Å². The van der Waals surface area contributed by atoms with Crippen molar-refractivity contribution < 1.29 is 4.79 Å². The molecule has 0 unspecified atom stereocenters. The SMILES string of the molecule is Cn1c(CNC(=O)CNCC2CC2)nc2ccccc21. The second-order valence-corrected chi connectivity index (χ2v) is 5.43. The quantitative estimate of drug-likeness (QED) is 0.830. The average molecular weight is 272 g/mol. The van der Waals surface area contributed by atoms with Crippen molar-refractivity contribution in [3.63, 3.8) is 0 Å². The van der Waals surface area contributed by atoms with Crippen LogP contribution in [0.25, 0.3) is 11.0 Å². The van der Waals surface area contributed by atoms with E-state index in [1.165, 1.54) is 12.8 Å². The monoisotopic (exact) mass is 272 g/mol. The number of para-hydroxylation sites is 2. The Kier molecular flexibility index (Phi) is 3.69. The van der Waals surface area contributed by atoms with Crippen LogP contribution in [0.3, 0.4) is 0 Å². The summed E-state index contributed by atoms with van der Waals surface area (Å²) < 4.78 is 2.02. The minimum Gasteiger partial charge on any atom is -0.348 e. The molecule has 20 heavy (non-hydrogen) atoms. The van der Waals surface area contributed by atoms with E-state index in [2.05, 4.69) is 15.6 Å². The number of aromatic nitrogens is 2. The third kappa shape index (κ3) is 2.99. The second kappa shape index (κ2) is 5.63. The number of imidazole rings is 1. The first-order valence-corrected chi connectivity index (χ1v) is 7.12. The molecule has 2 aromatic rings. The number of nitrogens with zero attached hydrogens (tertiary/aromatic N) is 2. The van der Waals surface area contributed by atoms with Gasteiger partial charge in [0.2, 0.25) is 5.91 Å². The van der Waals surface area contributed by atoms with Crippen LogP contribution in [-0.4, -0.2) is 28.5 Å². The van der Waals surface area contributed by atoms with Gasteiger partial charge in [-0.05, 0) is 37.4 Å². The summed E-state index contributed by atoms with van der Waals surface area (Å²) in [5, 5.41) is 6.10. The minimum atomic E-state index is 0.0257. The maximum Gasteiger partial charge on any atom is 0.234 e. The fourth-order valence-electron chi connectivity index (χ4n) is 2.31. The van der Waals surface area contributed by atoms with Gasteiger partial charge in [0, 0.05) is 7.05 Å². The van der Waals surface area contributed by atoms with Crippen LogP contribution in [0, 0.1) is 5.92 Å². The van der Waals surface area contributed by atoms with Gasteiger partial charge in [-0.1, -0.05) is 12.1 Å². The van der Waals surface area contributed by atoms with Crippen molar-refractivity contribution >= 4 is 16.9 Å². The molecular weight excluding hydrogens is 252 g/mol. The number of carbonyl (C=O) groups excluding carboxylic acids is 1. The normalized spacial score (nSPS) is 14.7. The Bertz CT molecular complexity index is 615. The molecule has 1 amide bonds. The Balaban J connectivity index is 1.53. The fourth-order valence-corrected chi connectivity index (χ4v) is 2.31. The van der Waals surface area contributed by atoms with Crippen LogP contribution < -0.4 is 10.6 Å². The van der Waals surface area contributed by atoms with E-state index in [0.717, 1.165) is 29.3 Å². The summed E-state index contributed by atoms with van der Waals surface area (Å²) in [5.41, 5.74) is 2.05. The third-order valence-corrected chi connectivity index (χ3v) is 3.74. The zero-order chi connectivity index (χ0) is 13.9. The van der Waals surface area contributed by atoms with Crippen molar-refractivity contribution in [3.05, 3.63) is 30.1 Å². The molecule has 0 radical (unpaired) electrons. The highest BCUT2D eigenvalue weighted by molar-refractivity contribution is 5.78. The Morgan fingerprint density at radius 1 is 1.40 bits per heavy atom. The molecule has 0 saturated heterocycles. The minimum absolute atomic E-state index is 0.0257. The molecule has 1 aliphatic rings. The van der Waals surface area contributed by atoms with E-state index in [4.69, 9.17) is 0 Å². The van der Waals surface area contributed by atoms with E-state index in [1.807, 2.05) is 35.9 Å². The molecule has 3 rings (SSSR count).